The molecule has 0 aromatic carbocycles. The molecule has 0 bridgehead atoms. The zero-order valence-electron chi connectivity index (χ0n) is 8.25. The van der Waals surface area contributed by atoms with Crippen molar-refractivity contribution in [2.24, 2.45) is 0 Å². The van der Waals surface area contributed by atoms with E-state index in [9.17, 15) is 9.59 Å². The number of hydrogen-bond donors (Lipinski definition) is 3. The van der Waals surface area contributed by atoms with E-state index in [0.29, 0.717) is 5.75 Å². The molecule has 1 fully saturated rings. The Morgan fingerprint density at radius 3 is 3.06 bits per heavy atom. The number of nitrogens with one attached hydrogen (secondary N) is 1. The van der Waals surface area contributed by atoms with Crippen LogP contribution in [-0.2, 0) is 4.74 Å². The number of thioether (sulfide) groups is 1. The van der Waals surface area contributed by atoms with Crippen molar-refractivity contribution in [1.29, 1.82) is 0 Å². The van der Waals surface area contributed by atoms with Crippen LogP contribution >= 0.6 is 11.8 Å². The minimum atomic E-state index is -0.606. The molecule has 0 amide bonds. The van der Waals surface area contributed by atoms with Gasteiger partial charge in [-0.15, -0.1) is 11.8 Å². The fourth-order valence-corrected chi connectivity index (χ4v) is 2.33. The van der Waals surface area contributed by atoms with Crippen molar-refractivity contribution in [3.63, 3.8) is 0 Å². The van der Waals surface area contributed by atoms with E-state index in [1.807, 2.05) is 0 Å². The number of anilines is 1. The molecule has 0 saturated carbocycles. The normalized spacial score (nSPS) is 24.8. The van der Waals surface area contributed by atoms with Gasteiger partial charge in [-0.3, -0.25) is 14.3 Å². The fraction of sp³-hybridized carbons (Fsp3) is 0.500. The Hall–Kier alpha value is -1.25. The summed E-state index contributed by atoms with van der Waals surface area (Å²) in [5.74, 6) is 0.524. The van der Waals surface area contributed by atoms with E-state index in [0.717, 1.165) is 0 Å². The number of aromatic nitrogens is 2. The standard InChI is InChI=1S/C8H11N3O4S/c9-4-1-11(8(14)10-7(4)13)5-3-16-6(2-12)15-5/h1,5-6,12H,2-3,9H2,(H,10,13,14)/t5-,6+/m1/s1. The molecule has 1 aliphatic heterocycles. The molecule has 2 heterocycles. The van der Waals surface area contributed by atoms with Crippen LogP contribution in [0.25, 0.3) is 0 Å². The monoisotopic (exact) mass is 245 g/mol. The van der Waals surface area contributed by atoms with E-state index >= 15 is 0 Å². The van der Waals surface area contributed by atoms with Gasteiger partial charge in [0.1, 0.15) is 17.4 Å². The Balaban J connectivity index is 2.32. The predicted octanol–water partition coefficient (Wildman–Crippen LogP) is -1.30. The Labute approximate surface area is 94.2 Å². The summed E-state index contributed by atoms with van der Waals surface area (Å²) in [6, 6.07) is 0. The van der Waals surface area contributed by atoms with Gasteiger partial charge in [-0.1, -0.05) is 0 Å². The summed E-state index contributed by atoms with van der Waals surface area (Å²) < 4.78 is 6.59. The molecule has 2 atom stereocenters. The number of nitrogens with two attached hydrogens (primary N) is 1. The average molecular weight is 245 g/mol. The van der Waals surface area contributed by atoms with Gasteiger partial charge in [0.2, 0.25) is 0 Å². The molecule has 0 radical (unpaired) electrons. The first-order valence-electron chi connectivity index (χ1n) is 4.60. The number of aliphatic hydroxyl groups excluding tert-OH is 1. The molecule has 0 aliphatic carbocycles. The number of rotatable bonds is 2. The topological polar surface area (TPSA) is 110 Å². The van der Waals surface area contributed by atoms with Gasteiger partial charge in [-0.05, 0) is 0 Å². The van der Waals surface area contributed by atoms with Crippen molar-refractivity contribution in [2.75, 3.05) is 18.1 Å². The Bertz CT molecular complexity index is 497. The largest absolute Gasteiger partial charge is 0.393 e. The maximum Gasteiger partial charge on any atom is 0.330 e. The molecule has 1 aromatic heterocycles. The van der Waals surface area contributed by atoms with Gasteiger partial charge in [-0.25, -0.2) is 4.79 Å². The lowest BCUT2D eigenvalue weighted by molar-refractivity contribution is -0.00629. The molecular formula is C8H11N3O4S. The summed E-state index contributed by atoms with van der Waals surface area (Å²) in [6.07, 6.45) is 0.750. The second kappa shape index (κ2) is 4.32. The number of nitrogen functional groups attached to an aromatic ring is 1. The maximum atomic E-state index is 11.5. The van der Waals surface area contributed by atoms with E-state index in [2.05, 4.69) is 4.98 Å². The average Bonchev–Trinajstić information content (AvgIpc) is 2.71. The van der Waals surface area contributed by atoms with E-state index in [1.54, 1.807) is 0 Å². The van der Waals surface area contributed by atoms with E-state index in [4.69, 9.17) is 15.6 Å². The summed E-state index contributed by atoms with van der Waals surface area (Å²) in [5, 5.41) is 8.88. The van der Waals surface area contributed by atoms with Crippen LogP contribution in [0.2, 0.25) is 0 Å². The van der Waals surface area contributed by atoms with Crippen LogP contribution in [0.4, 0.5) is 5.69 Å². The smallest absolute Gasteiger partial charge is 0.330 e. The zero-order chi connectivity index (χ0) is 11.7. The molecular weight excluding hydrogens is 234 g/mol. The van der Waals surface area contributed by atoms with E-state index in [-0.39, 0.29) is 17.7 Å². The van der Waals surface area contributed by atoms with Gasteiger partial charge in [0, 0.05) is 11.9 Å². The molecule has 0 unspecified atom stereocenters. The number of H-pyrrole nitrogens is 1. The van der Waals surface area contributed by atoms with E-state index < -0.39 is 17.5 Å². The lowest BCUT2D eigenvalue weighted by Crippen LogP contribution is -2.34. The molecule has 1 saturated heterocycles. The van der Waals surface area contributed by atoms with E-state index in [1.165, 1.54) is 22.5 Å². The summed E-state index contributed by atoms with van der Waals surface area (Å²) in [5.41, 5.74) is 3.85. The van der Waals surface area contributed by atoms with Crippen LogP contribution in [-0.4, -0.2) is 32.5 Å². The summed E-state index contributed by atoms with van der Waals surface area (Å²) in [6.45, 7) is -0.116. The Kier molecular flexibility index (Phi) is 3.03. The molecule has 1 aromatic rings. The summed E-state index contributed by atoms with van der Waals surface area (Å²) >= 11 is 1.40. The third-order valence-electron chi connectivity index (χ3n) is 2.19. The molecule has 0 spiro atoms. The minimum absolute atomic E-state index is 0.0411. The van der Waals surface area contributed by atoms with Gasteiger partial charge in [0.25, 0.3) is 5.56 Å². The first-order chi connectivity index (χ1) is 7.61. The lowest BCUT2D eigenvalue weighted by Gasteiger charge is -2.13. The fourth-order valence-electron chi connectivity index (χ4n) is 1.40. The van der Waals surface area contributed by atoms with Crippen molar-refractivity contribution in [2.45, 2.75) is 11.7 Å². The Morgan fingerprint density at radius 2 is 2.44 bits per heavy atom. The van der Waals surface area contributed by atoms with Crippen molar-refractivity contribution >= 4 is 17.4 Å². The van der Waals surface area contributed by atoms with Gasteiger partial charge in [0.05, 0.1) is 6.61 Å². The molecule has 16 heavy (non-hydrogen) atoms. The van der Waals surface area contributed by atoms with Crippen molar-refractivity contribution < 1.29 is 9.84 Å². The SMILES string of the molecule is Nc1cn([C@H]2CS[C@@H](CO)O2)c(=O)[nH]c1=O. The molecule has 4 N–H and O–H groups in total. The van der Waals surface area contributed by atoms with Crippen LogP contribution in [0.15, 0.2) is 15.8 Å². The maximum absolute atomic E-state index is 11.5. The van der Waals surface area contributed by atoms with Crippen molar-refractivity contribution in [3.8, 4) is 0 Å². The highest BCUT2D eigenvalue weighted by Crippen LogP contribution is 2.30. The highest BCUT2D eigenvalue weighted by Gasteiger charge is 2.27. The number of hydrogen-bond acceptors (Lipinski definition) is 6. The molecule has 88 valence electrons. The van der Waals surface area contributed by atoms with Crippen LogP contribution in [0, 0.1) is 0 Å². The predicted molar refractivity (Wildman–Crippen MR) is 59.2 cm³/mol. The molecule has 1 aliphatic rings. The lowest BCUT2D eigenvalue weighted by atomic mass is 10.5. The second-order valence-electron chi connectivity index (χ2n) is 3.29. The first kappa shape index (κ1) is 11.2. The van der Waals surface area contributed by atoms with Crippen molar-refractivity contribution in [1.82, 2.24) is 9.55 Å². The summed E-state index contributed by atoms with van der Waals surface area (Å²) in [4.78, 5) is 24.6. The number of ether oxygens (including phenoxy) is 1. The molecule has 2 rings (SSSR count). The third kappa shape index (κ3) is 1.99. The quantitative estimate of drug-likeness (QED) is 0.597. The number of aromatic amines is 1. The molecule has 7 nitrogen and oxygen atoms in total. The molecule has 8 heteroatoms. The highest BCUT2D eigenvalue weighted by atomic mass is 32.2. The number of aliphatic hydroxyl groups is 1. The Morgan fingerprint density at radius 1 is 1.69 bits per heavy atom. The van der Waals surface area contributed by atoms with Gasteiger partial charge < -0.3 is 15.6 Å². The number of nitrogens with zero attached hydrogens (tertiary/aromatic N) is 1. The van der Waals surface area contributed by atoms with Crippen LogP contribution in [0.3, 0.4) is 0 Å². The van der Waals surface area contributed by atoms with Gasteiger partial charge in [-0.2, -0.15) is 0 Å². The van der Waals surface area contributed by atoms with Gasteiger partial charge >= 0.3 is 5.69 Å². The highest BCUT2D eigenvalue weighted by molar-refractivity contribution is 8.00. The second-order valence-corrected chi connectivity index (χ2v) is 4.48. The van der Waals surface area contributed by atoms with Gasteiger partial charge in [0.15, 0.2) is 0 Å². The van der Waals surface area contributed by atoms with Crippen LogP contribution in [0.1, 0.15) is 6.23 Å². The van der Waals surface area contributed by atoms with Crippen LogP contribution < -0.4 is 17.0 Å². The van der Waals surface area contributed by atoms with Crippen LogP contribution in [0.5, 0.6) is 0 Å². The minimum Gasteiger partial charge on any atom is -0.393 e. The van der Waals surface area contributed by atoms with Crippen molar-refractivity contribution in [3.05, 3.63) is 27.0 Å². The first-order valence-corrected chi connectivity index (χ1v) is 5.65. The zero-order valence-corrected chi connectivity index (χ0v) is 9.07. The third-order valence-corrected chi connectivity index (χ3v) is 3.30. The summed E-state index contributed by atoms with van der Waals surface area (Å²) in [7, 11) is 0.